The lowest BCUT2D eigenvalue weighted by atomic mass is 10.2. The van der Waals surface area contributed by atoms with Gasteiger partial charge in [0.05, 0.1) is 25.4 Å². The average Bonchev–Trinajstić information content (AvgIpc) is 2.65. The van der Waals surface area contributed by atoms with Crippen LogP contribution in [0.2, 0.25) is 0 Å². The summed E-state index contributed by atoms with van der Waals surface area (Å²) in [6, 6.07) is 8.55. The third-order valence-electron chi connectivity index (χ3n) is 4.18. The van der Waals surface area contributed by atoms with Crippen molar-refractivity contribution in [1.82, 2.24) is 9.97 Å². The number of hydrogen-bond acceptors (Lipinski definition) is 7. The molecule has 3 rings (SSSR count). The van der Waals surface area contributed by atoms with Crippen molar-refractivity contribution in [2.24, 2.45) is 0 Å². The summed E-state index contributed by atoms with van der Waals surface area (Å²) in [5, 5.41) is 3.75. The second-order valence-electron chi connectivity index (χ2n) is 6.19. The van der Waals surface area contributed by atoms with Crippen LogP contribution in [0.4, 0.5) is 21.8 Å². The highest BCUT2D eigenvalue weighted by atomic mass is 19.1. The van der Waals surface area contributed by atoms with E-state index in [1.807, 2.05) is 6.07 Å². The SMILES string of the molecule is COc1cc2nc(NCc3ccc(N(C)C)c(F)c3)nc(N)c2cc1OC. The van der Waals surface area contributed by atoms with Gasteiger partial charge < -0.3 is 25.4 Å². The molecule has 27 heavy (non-hydrogen) atoms. The molecule has 3 N–H and O–H groups in total. The monoisotopic (exact) mass is 371 g/mol. The molecule has 2 aromatic carbocycles. The Bertz CT molecular complexity index is 978. The van der Waals surface area contributed by atoms with Crippen LogP contribution in [-0.2, 0) is 6.54 Å². The van der Waals surface area contributed by atoms with Crippen molar-refractivity contribution < 1.29 is 13.9 Å². The summed E-state index contributed by atoms with van der Waals surface area (Å²) in [4.78, 5) is 10.5. The van der Waals surface area contributed by atoms with Crippen LogP contribution in [-0.4, -0.2) is 38.3 Å². The third-order valence-corrected chi connectivity index (χ3v) is 4.18. The zero-order chi connectivity index (χ0) is 19.6. The average molecular weight is 371 g/mol. The second-order valence-corrected chi connectivity index (χ2v) is 6.19. The number of hydrogen-bond donors (Lipinski definition) is 2. The minimum Gasteiger partial charge on any atom is -0.493 e. The number of nitrogen functional groups attached to an aromatic ring is 1. The number of aromatic nitrogens is 2. The van der Waals surface area contributed by atoms with Crippen LogP contribution in [0.5, 0.6) is 11.5 Å². The minimum atomic E-state index is -0.282. The van der Waals surface area contributed by atoms with E-state index in [2.05, 4.69) is 15.3 Å². The van der Waals surface area contributed by atoms with Gasteiger partial charge in [-0.3, -0.25) is 0 Å². The number of benzene rings is 2. The summed E-state index contributed by atoms with van der Waals surface area (Å²) in [5.41, 5.74) is 7.99. The van der Waals surface area contributed by atoms with Crippen molar-refractivity contribution in [3.05, 3.63) is 41.7 Å². The van der Waals surface area contributed by atoms with Crippen LogP contribution in [0.3, 0.4) is 0 Å². The number of nitrogens with two attached hydrogens (primary N) is 1. The summed E-state index contributed by atoms with van der Waals surface area (Å²) in [6.45, 7) is 0.364. The summed E-state index contributed by atoms with van der Waals surface area (Å²) in [6.07, 6.45) is 0. The molecule has 0 aliphatic heterocycles. The maximum absolute atomic E-state index is 14.1. The molecule has 1 aromatic heterocycles. The Kier molecular flexibility index (Phi) is 5.16. The van der Waals surface area contributed by atoms with Gasteiger partial charge in [0, 0.05) is 32.1 Å². The highest BCUT2D eigenvalue weighted by molar-refractivity contribution is 5.91. The van der Waals surface area contributed by atoms with Crippen molar-refractivity contribution in [3.63, 3.8) is 0 Å². The number of ether oxygens (including phenoxy) is 2. The quantitative estimate of drug-likeness (QED) is 0.689. The zero-order valence-corrected chi connectivity index (χ0v) is 15.7. The lowest BCUT2D eigenvalue weighted by Gasteiger charge is -2.14. The first-order valence-electron chi connectivity index (χ1n) is 8.31. The molecule has 0 saturated heterocycles. The number of anilines is 3. The Morgan fingerprint density at radius 2 is 1.78 bits per heavy atom. The number of fused-ring (bicyclic) bond motifs is 1. The first-order valence-corrected chi connectivity index (χ1v) is 8.31. The molecule has 0 bridgehead atoms. The second kappa shape index (κ2) is 7.53. The van der Waals surface area contributed by atoms with Gasteiger partial charge in [-0.05, 0) is 23.8 Å². The van der Waals surface area contributed by atoms with Crippen molar-refractivity contribution in [1.29, 1.82) is 0 Å². The van der Waals surface area contributed by atoms with Gasteiger partial charge in [0.1, 0.15) is 11.6 Å². The van der Waals surface area contributed by atoms with E-state index in [0.717, 1.165) is 5.56 Å². The fourth-order valence-electron chi connectivity index (χ4n) is 2.76. The van der Waals surface area contributed by atoms with E-state index in [1.165, 1.54) is 6.07 Å². The van der Waals surface area contributed by atoms with E-state index >= 15 is 0 Å². The van der Waals surface area contributed by atoms with Gasteiger partial charge in [0.25, 0.3) is 0 Å². The van der Waals surface area contributed by atoms with E-state index in [9.17, 15) is 4.39 Å². The summed E-state index contributed by atoms with van der Waals surface area (Å²) in [7, 11) is 6.70. The van der Waals surface area contributed by atoms with Gasteiger partial charge in [0.2, 0.25) is 5.95 Å². The number of methoxy groups -OCH3 is 2. The predicted octanol–water partition coefficient (Wildman–Crippen LogP) is 3.05. The molecule has 142 valence electrons. The van der Waals surface area contributed by atoms with E-state index < -0.39 is 0 Å². The first kappa shape index (κ1) is 18.5. The maximum atomic E-state index is 14.1. The standard InChI is InChI=1S/C19H22FN5O2/c1-25(2)15-6-5-11(7-13(15)20)10-22-19-23-14-9-17(27-4)16(26-3)8-12(14)18(21)24-19/h5-9H,10H2,1-4H3,(H3,21,22,23,24). The van der Waals surface area contributed by atoms with Gasteiger partial charge in [-0.15, -0.1) is 0 Å². The normalized spacial score (nSPS) is 10.7. The minimum absolute atomic E-state index is 0.282. The third kappa shape index (κ3) is 3.79. The van der Waals surface area contributed by atoms with Crippen molar-refractivity contribution in [2.45, 2.75) is 6.54 Å². The Morgan fingerprint density at radius 3 is 2.41 bits per heavy atom. The van der Waals surface area contributed by atoms with Crippen molar-refractivity contribution >= 4 is 28.4 Å². The number of nitrogens with one attached hydrogen (secondary N) is 1. The maximum Gasteiger partial charge on any atom is 0.225 e. The van der Waals surface area contributed by atoms with Crippen LogP contribution < -0.4 is 25.4 Å². The number of nitrogens with zero attached hydrogens (tertiary/aromatic N) is 3. The Labute approximate surface area is 156 Å². The van der Waals surface area contributed by atoms with E-state index in [0.29, 0.717) is 46.4 Å². The molecule has 0 aliphatic rings. The number of halogens is 1. The lowest BCUT2D eigenvalue weighted by Crippen LogP contribution is -2.11. The van der Waals surface area contributed by atoms with E-state index in [1.54, 1.807) is 51.4 Å². The van der Waals surface area contributed by atoms with Crippen molar-refractivity contribution in [3.8, 4) is 11.5 Å². The first-order chi connectivity index (χ1) is 12.9. The number of rotatable bonds is 6. The topological polar surface area (TPSA) is 85.5 Å². The summed E-state index contributed by atoms with van der Waals surface area (Å²) >= 11 is 0. The van der Waals surface area contributed by atoms with Crippen molar-refractivity contribution in [2.75, 3.05) is 44.3 Å². The van der Waals surface area contributed by atoms with Gasteiger partial charge in [-0.2, -0.15) is 4.98 Å². The molecular weight excluding hydrogens is 349 g/mol. The Morgan fingerprint density at radius 1 is 1.07 bits per heavy atom. The van der Waals surface area contributed by atoms with Crippen LogP contribution in [0.15, 0.2) is 30.3 Å². The predicted molar refractivity (Wildman–Crippen MR) is 105 cm³/mol. The molecule has 0 amide bonds. The summed E-state index contributed by atoms with van der Waals surface area (Å²) < 4.78 is 24.7. The smallest absolute Gasteiger partial charge is 0.225 e. The molecule has 7 nitrogen and oxygen atoms in total. The zero-order valence-electron chi connectivity index (χ0n) is 15.7. The molecule has 0 radical (unpaired) electrons. The largest absolute Gasteiger partial charge is 0.493 e. The molecule has 1 heterocycles. The molecule has 0 atom stereocenters. The van der Waals surface area contributed by atoms with Gasteiger partial charge >= 0.3 is 0 Å². The molecule has 0 saturated carbocycles. The summed E-state index contributed by atoms with van der Waals surface area (Å²) in [5.74, 6) is 1.49. The molecular formula is C19H22FN5O2. The molecule has 0 aliphatic carbocycles. The highest BCUT2D eigenvalue weighted by Crippen LogP contribution is 2.33. The fraction of sp³-hybridized carbons (Fsp3) is 0.263. The molecule has 0 fully saturated rings. The van der Waals surface area contributed by atoms with Crippen LogP contribution >= 0.6 is 0 Å². The molecule has 0 unspecified atom stereocenters. The highest BCUT2D eigenvalue weighted by Gasteiger charge is 2.12. The Balaban J connectivity index is 1.86. The lowest BCUT2D eigenvalue weighted by molar-refractivity contribution is 0.356. The molecule has 0 spiro atoms. The van der Waals surface area contributed by atoms with Crippen LogP contribution in [0.25, 0.3) is 10.9 Å². The van der Waals surface area contributed by atoms with Crippen LogP contribution in [0.1, 0.15) is 5.56 Å². The van der Waals surface area contributed by atoms with Gasteiger partial charge in [0.15, 0.2) is 11.5 Å². The van der Waals surface area contributed by atoms with E-state index in [4.69, 9.17) is 15.2 Å². The van der Waals surface area contributed by atoms with Crippen LogP contribution in [0, 0.1) is 5.82 Å². The Hall–Kier alpha value is -3.29. The molecule has 8 heteroatoms. The van der Waals surface area contributed by atoms with E-state index in [-0.39, 0.29) is 5.82 Å². The van der Waals surface area contributed by atoms with Gasteiger partial charge in [-0.25, -0.2) is 9.37 Å². The molecule has 3 aromatic rings. The fourth-order valence-corrected chi connectivity index (χ4v) is 2.76. The van der Waals surface area contributed by atoms with Gasteiger partial charge in [-0.1, -0.05) is 6.07 Å².